The van der Waals surface area contributed by atoms with Gasteiger partial charge in [-0.15, -0.1) is 0 Å². The van der Waals surface area contributed by atoms with Gasteiger partial charge in [-0.25, -0.2) is 0 Å². The number of fused-ring (bicyclic) bond motifs is 1. The average Bonchev–Trinajstić information content (AvgIpc) is 3.58. The van der Waals surface area contributed by atoms with E-state index >= 15 is 0 Å². The highest BCUT2D eigenvalue weighted by Crippen LogP contribution is 2.55. The number of halogens is 1. The second-order valence-electron chi connectivity index (χ2n) is 10.9. The van der Waals surface area contributed by atoms with Crippen LogP contribution in [-0.2, 0) is 25.7 Å². The van der Waals surface area contributed by atoms with Crippen LogP contribution in [-0.4, -0.2) is 53.5 Å². The maximum atomic E-state index is 14.2. The smallest absolute Gasteiger partial charge is 0.246 e. The van der Waals surface area contributed by atoms with Crippen molar-refractivity contribution in [2.24, 2.45) is 11.8 Å². The first-order valence-corrected chi connectivity index (χ1v) is 13.9. The molecule has 1 aliphatic carbocycles. The van der Waals surface area contributed by atoms with Gasteiger partial charge >= 0.3 is 0 Å². The number of likely N-dealkylation sites (tertiary alicyclic amines) is 1. The molecule has 2 bridgehead atoms. The van der Waals surface area contributed by atoms with Crippen molar-refractivity contribution >= 4 is 35.0 Å². The van der Waals surface area contributed by atoms with Crippen LogP contribution < -0.4 is 15.4 Å². The van der Waals surface area contributed by atoms with E-state index in [0.717, 1.165) is 31.2 Å². The summed E-state index contributed by atoms with van der Waals surface area (Å²) in [5.74, 6) is -1.72. The molecule has 3 aliphatic heterocycles. The van der Waals surface area contributed by atoms with Crippen LogP contribution in [0.2, 0.25) is 5.02 Å². The van der Waals surface area contributed by atoms with Crippen molar-refractivity contribution in [3.05, 3.63) is 71.3 Å². The molecular formula is C30H32ClN3O5. The topological polar surface area (TPSA) is 97.0 Å². The number of hydrogen-bond acceptors (Lipinski definition) is 5. The summed E-state index contributed by atoms with van der Waals surface area (Å²) in [6.07, 6.45) is 8.22. The Morgan fingerprint density at radius 2 is 1.87 bits per heavy atom. The van der Waals surface area contributed by atoms with Crippen molar-refractivity contribution in [3.8, 4) is 5.75 Å². The lowest BCUT2D eigenvalue weighted by Crippen LogP contribution is -2.56. The van der Waals surface area contributed by atoms with Crippen LogP contribution in [0.3, 0.4) is 0 Å². The second kappa shape index (κ2) is 10.3. The Kier molecular flexibility index (Phi) is 6.85. The van der Waals surface area contributed by atoms with E-state index < -0.39 is 29.6 Å². The molecule has 2 saturated heterocycles. The van der Waals surface area contributed by atoms with Crippen LogP contribution in [0.1, 0.15) is 37.7 Å². The summed E-state index contributed by atoms with van der Waals surface area (Å²) in [6.45, 7) is 0.199. The highest BCUT2D eigenvalue weighted by atomic mass is 35.5. The molecule has 4 aliphatic rings. The van der Waals surface area contributed by atoms with Gasteiger partial charge in [0.25, 0.3) is 0 Å². The number of anilines is 1. The summed E-state index contributed by atoms with van der Waals surface area (Å²) in [4.78, 5) is 43.3. The maximum absolute atomic E-state index is 14.2. The van der Waals surface area contributed by atoms with Crippen LogP contribution in [0.15, 0.2) is 60.7 Å². The van der Waals surface area contributed by atoms with Gasteiger partial charge in [0, 0.05) is 23.3 Å². The van der Waals surface area contributed by atoms with Crippen molar-refractivity contribution < 1.29 is 23.9 Å². The standard InChI is InChI=1S/C30H32ClN3O5/c1-38-22-9-5-6-18(16-22)17-34-26(28(36)33-20-7-3-2-4-8-20)30-15-14-23(39-30)24(25(30)29(34)37)27(35)32-21-12-10-19(31)11-13-21/h5-6,9-16,20,23-26H,2-4,7-8,17H2,1H3,(H,32,35)(H,33,36)/t23-,24+,25-,26+,30+/m1/s1. The predicted octanol–water partition coefficient (Wildman–Crippen LogP) is 4.09. The number of benzene rings is 2. The van der Waals surface area contributed by atoms with Gasteiger partial charge in [0.1, 0.15) is 17.4 Å². The molecule has 8 nitrogen and oxygen atoms in total. The predicted molar refractivity (Wildman–Crippen MR) is 146 cm³/mol. The van der Waals surface area contributed by atoms with Crippen molar-refractivity contribution in [2.75, 3.05) is 12.4 Å². The third-order valence-corrected chi connectivity index (χ3v) is 8.73. The zero-order valence-electron chi connectivity index (χ0n) is 21.8. The van der Waals surface area contributed by atoms with Gasteiger partial charge in [0.15, 0.2) is 0 Å². The van der Waals surface area contributed by atoms with E-state index in [1.807, 2.05) is 36.4 Å². The molecule has 5 atom stereocenters. The summed E-state index contributed by atoms with van der Waals surface area (Å²) >= 11 is 6.00. The fourth-order valence-corrected chi connectivity index (χ4v) is 6.82. The minimum atomic E-state index is -1.21. The van der Waals surface area contributed by atoms with E-state index in [9.17, 15) is 14.4 Å². The Morgan fingerprint density at radius 3 is 2.62 bits per heavy atom. The lowest BCUT2D eigenvalue weighted by molar-refractivity contribution is -0.142. The van der Waals surface area contributed by atoms with Gasteiger partial charge < -0.3 is 25.0 Å². The van der Waals surface area contributed by atoms with Gasteiger partial charge in [-0.2, -0.15) is 0 Å². The molecule has 1 spiro atoms. The highest BCUT2D eigenvalue weighted by molar-refractivity contribution is 6.30. The van der Waals surface area contributed by atoms with Crippen molar-refractivity contribution in [2.45, 2.75) is 62.4 Å². The molecule has 0 unspecified atom stereocenters. The van der Waals surface area contributed by atoms with Crippen molar-refractivity contribution in [1.82, 2.24) is 10.2 Å². The number of rotatable bonds is 7. The number of hydrogen-bond donors (Lipinski definition) is 2. The Morgan fingerprint density at radius 1 is 1.10 bits per heavy atom. The molecule has 3 fully saturated rings. The Bertz CT molecular complexity index is 1310. The minimum absolute atomic E-state index is 0.0713. The van der Waals surface area contributed by atoms with E-state index in [0.29, 0.717) is 16.5 Å². The molecule has 6 rings (SSSR count). The van der Waals surface area contributed by atoms with Crippen LogP contribution in [0, 0.1) is 11.8 Å². The molecule has 2 aromatic carbocycles. The van der Waals surface area contributed by atoms with Crippen molar-refractivity contribution in [1.29, 1.82) is 0 Å². The molecule has 1 saturated carbocycles. The van der Waals surface area contributed by atoms with Crippen LogP contribution in [0.5, 0.6) is 5.75 Å². The number of carbonyl (C=O) groups excluding carboxylic acids is 3. The first-order valence-electron chi connectivity index (χ1n) is 13.6. The molecule has 2 N–H and O–H groups in total. The van der Waals surface area contributed by atoms with Gasteiger partial charge in [-0.3, -0.25) is 14.4 Å². The number of carbonyl (C=O) groups is 3. The number of nitrogens with zero attached hydrogens (tertiary/aromatic N) is 1. The summed E-state index contributed by atoms with van der Waals surface area (Å²) in [6, 6.07) is 13.4. The molecule has 0 aromatic heterocycles. The van der Waals surface area contributed by atoms with Crippen LogP contribution in [0.4, 0.5) is 5.69 Å². The third-order valence-electron chi connectivity index (χ3n) is 8.48. The normalized spacial score (nSPS) is 29.4. The first kappa shape index (κ1) is 25.9. The number of ether oxygens (including phenoxy) is 2. The van der Waals surface area contributed by atoms with Crippen LogP contribution >= 0.6 is 11.6 Å². The third kappa shape index (κ3) is 4.59. The fourth-order valence-electron chi connectivity index (χ4n) is 6.69. The second-order valence-corrected chi connectivity index (χ2v) is 11.3. The first-order chi connectivity index (χ1) is 18.9. The Hall–Kier alpha value is -3.36. The van der Waals surface area contributed by atoms with E-state index in [2.05, 4.69) is 10.6 Å². The average molecular weight is 550 g/mol. The summed E-state index contributed by atoms with van der Waals surface area (Å²) < 4.78 is 11.8. The van der Waals surface area contributed by atoms with Gasteiger partial charge in [-0.05, 0) is 54.8 Å². The lowest BCUT2D eigenvalue weighted by Gasteiger charge is -2.34. The molecule has 0 radical (unpaired) electrons. The number of nitrogens with one attached hydrogen (secondary N) is 2. The molecule has 39 heavy (non-hydrogen) atoms. The van der Waals surface area contributed by atoms with E-state index in [4.69, 9.17) is 21.1 Å². The molecule has 2 aromatic rings. The summed E-state index contributed by atoms with van der Waals surface area (Å²) in [7, 11) is 1.59. The summed E-state index contributed by atoms with van der Waals surface area (Å²) in [5, 5.41) is 6.69. The number of methoxy groups -OCH3 is 1. The Labute approximate surface area is 232 Å². The molecule has 204 valence electrons. The maximum Gasteiger partial charge on any atom is 0.246 e. The van der Waals surface area contributed by atoms with E-state index in [1.165, 1.54) is 6.42 Å². The molecule has 3 heterocycles. The summed E-state index contributed by atoms with van der Waals surface area (Å²) in [5.41, 5.74) is 0.201. The van der Waals surface area contributed by atoms with Crippen molar-refractivity contribution in [3.63, 3.8) is 0 Å². The quantitative estimate of drug-likeness (QED) is 0.507. The molecule has 3 amide bonds. The van der Waals surface area contributed by atoms with E-state index in [-0.39, 0.29) is 30.3 Å². The fraction of sp³-hybridized carbons (Fsp3) is 0.433. The van der Waals surface area contributed by atoms with Crippen LogP contribution in [0.25, 0.3) is 0 Å². The lowest BCUT2D eigenvalue weighted by atomic mass is 9.74. The van der Waals surface area contributed by atoms with E-state index in [1.54, 1.807) is 36.3 Å². The van der Waals surface area contributed by atoms with Gasteiger partial charge in [0.2, 0.25) is 17.7 Å². The largest absolute Gasteiger partial charge is 0.497 e. The molecule has 9 heteroatoms. The number of amides is 3. The monoisotopic (exact) mass is 549 g/mol. The molecular weight excluding hydrogens is 518 g/mol. The van der Waals surface area contributed by atoms with Gasteiger partial charge in [0.05, 0.1) is 25.0 Å². The zero-order chi connectivity index (χ0) is 27.1. The zero-order valence-corrected chi connectivity index (χ0v) is 22.5. The Balaban J connectivity index is 1.32. The minimum Gasteiger partial charge on any atom is -0.497 e. The highest BCUT2D eigenvalue weighted by Gasteiger charge is 2.72. The van der Waals surface area contributed by atoms with Gasteiger partial charge in [-0.1, -0.05) is 55.1 Å². The SMILES string of the molecule is COc1cccc(CN2C(=O)[C@H]3[C@@H](C(=O)Nc4ccc(Cl)cc4)[C@H]4C=C[C@@]3(O4)[C@@H]2C(=O)NC2CCCCC2)c1.